The van der Waals surface area contributed by atoms with Crippen LogP contribution in [0, 0.1) is 11.8 Å². The number of ether oxygens (including phenoxy) is 2. The van der Waals surface area contributed by atoms with E-state index in [2.05, 4.69) is 5.32 Å². The number of nitrogens with zero attached hydrogens (tertiary/aromatic N) is 2. The second kappa shape index (κ2) is 10.2. The van der Waals surface area contributed by atoms with E-state index in [-0.39, 0.29) is 48.0 Å². The van der Waals surface area contributed by atoms with Gasteiger partial charge in [-0.25, -0.2) is 8.42 Å². The summed E-state index contributed by atoms with van der Waals surface area (Å²) in [5.74, 6) is 0.737. The van der Waals surface area contributed by atoms with E-state index in [4.69, 9.17) is 9.47 Å². The first kappa shape index (κ1) is 25.0. The van der Waals surface area contributed by atoms with Crippen LogP contribution in [0.2, 0.25) is 0 Å². The van der Waals surface area contributed by atoms with Gasteiger partial charge in [0.05, 0.1) is 17.7 Å². The number of hydrogen-bond acceptors (Lipinski definition) is 6. The molecular weight excluding hydrogens is 470 g/mol. The molecule has 2 aliphatic rings. The number of methoxy groups -OCH3 is 1. The predicted octanol–water partition coefficient (Wildman–Crippen LogP) is 2.40. The van der Waals surface area contributed by atoms with Crippen LogP contribution in [0.5, 0.6) is 11.5 Å². The van der Waals surface area contributed by atoms with Gasteiger partial charge in [-0.1, -0.05) is 32.0 Å². The van der Waals surface area contributed by atoms with Crippen molar-refractivity contribution in [2.45, 2.75) is 31.7 Å². The average Bonchev–Trinajstić information content (AvgIpc) is 2.83. The van der Waals surface area contributed by atoms with Crippen molar-refractivity contribution in [3.63, 3.8) is 0 Å². The van der Waals surface area contributed by atoms with Crippen LogP contribution in [0.15, 0.2) is 47.4 Å². The minimum Gasteiger partial charge on any atom is -0.496 e. The fraction of sp³-hybridized carbons (Fsp3) is 0.440. The fourth-order valence-corrected chi connectivity index (χ4v) is 6.41. The van der Waals surface area contributed by atoms with Crippen molar-refractivity contribution in [1.29, 1.82) is 0 Å². The molecule has 2 amide bonds. The molecule has 188 valence electrons. The van der Waals surface area contributed by atoms with Gasteiger partial charge in [-0.3, -0.25) is 14.5 Å². The maximum absolute atomic E-state index is 13.4. The van der Waals surface area contributed by atoms with Gasteiger partial charge in [-0.2, -0.15) is 4.31 Å². The molecule has 0 radical (unpaired) electrons. The summed E-state index contributed by atoms with van der Waals surface area (Å²) >= 11 is 0. The molecule has 1 fully saturated rings. The summed E-state index contributed by atoms with van der Waals surface area (Å²) in [6.07, 6.45) is 0.982. The van der Waals surface area contributed by atoms with E-state index in [0.717, 1.165) is 12.0 Å². The summed E-state index contributed by atoms with van der Waals surface area (Å²) in [6.45, 7) is 4.74. The molecule has 2 atom stereocenters. The van der Waals surface area contributed by atoms with Gasteiger partial charge >= 0.3 is 0 Å². The standard InChI is InChI=1S/C25H31N3O6S/c1-17-10-18(2)14-27(13-17)35(31,32)20-8-9-23-21(11-20)28(25(30)16-34-23)15-24(29)26-12-19-6-4-5-7-22(19)33-3/h4-9,11,17-18H,10,12-16H2,1-3H3,(H,26,29)/t17-,18-/m0/s1. The molecule has 2 heterocycles. The minimum atomic E-state index is -3.76. The Bertz CT molecular complexity index is 1210. The van der Waals surface area contributed by atoms with Crippen LogP contribution in [-0.2, 0) is 26.2 Å². The van der Waals surface area contributed by atoms with E-state index >= 15 is 0 Å². The Morgan fingerprint density at radius 1 is 1.14 bits per heavy atom. The highest BCUT2D eigenvalue weighted by atomic mass is 32.2. The largest absolute Gasteiger partial charge is 0.496 e. The van der Waals surface area contributed by atoms with Crippen molar-refractivity contribution < 1.29 is 27.5 Å². The van der Waals surface area contributed by atoms with Crippen LogP contribution in [0.3, 0.4) is 0 Å². The van der Waals surface area contributed by atoms with Crippen molar-refractivity contribution in [3.8, 4) is 11.5 Å². The number of amides is 2. The Morgan fingerprint density at radius 2 is 1.86 bits per heavy atom. The van der Waals surface area contributed by atoms with Crippen LogP contribution in [0.4, 0.5) is 5.69 Å². The van der Waals surface area contributed by atoms with Crippen LogP contribution in [0.25, 0.3) is 0 Å². The molecule has 2 aromatic rings. The lowest BCUT2D eigenvalue weighted by atomic mass is 9.94. The van der Waals surface area contributed by atoms with Gasteiger partial charge in [0.15, 0.2) is 6.61 Å². The number of fused-ring (bicyclic) bond motifs is 1. The van der Waals surface area contributed by atoms with Crippen molar-refractivity contribution in [2.75, 3.05) is 38.3 Å². The highest BCUT2D eigenvalue weighted by Gasteiger charge is 2.34. The summed E-state index contributed by atoms with van der Waals surface area (Å²) in [7, 11) is -2.20. The molecule has 0 saturated carbocycles. The zero-order valence-electron chi connectivity index (χ0n) is 20.2. The second-order valence-electron chi connectivity index (χ2n) is 9.25. The second-order valence-corrected chi connectivity index (χ2v) is 11.2. The van der Waals surface area contributed by atoms with E-state index < -0.39 is 15.9 Å². The monoisotopic (exact) mass is 501 g/mol. The zero-order valence-corrected chi connectivity index (χ0v) is 21.0. The minimum absolute atomic E-state index is 0.0790. The number of sulfonamides is 1. The first-order valence-corrected chi connectivity index (χ1v) is 13.1. The number of carbonyl (C=O) groups excluding carboxylic acids is 2. The van der Waals surface area contributed by atoms with Crippen LogP contribution in [-0.4, -0.2) is 57.9 Å². The van der Waals surface area contributed by atoms with E-state index in [1.165, 1.54) is 21.3 Å². The molecule has 35 heavy (non-hydrogen) atoms. The van der Waals surface area contributed by atoms with Crippen LogP contribution in [0.1, 0.15) is 25.8 Å². The average molecular weight is 502 g/mol. The number of anilines is 1. The smallest absolute Gasteiger partial charge is 0.265 e. The molecular formula is C25H31N3O6S. The molecule has 4 rings (SSSR count). The van der Waals surface area contributed by atoms with Gasteiger partial charge in [0.2, 0.25) is 15.9 Å². The molecule has 0 unspecified atom stereocenters. The normalized spacial score (nSPS) is 20.7. The lowest BCUT2D eigenvalue weighted by molar-refractivity contribution is -0.125. The predicted molar refractivity (Wildman–Crippen MR) is 131 cm³/mol. The molecule has 1 saturated heterocycles. The van der Waals surface area contributed by atoms with Gasteiger partial charge in [0.25, 0.3) is 5.91 Å². The molecule has 0 bridgehead atoms. The summed E-state index contributed by atoms with van der Waals surface area (Å²) in [6, 6.07) is 11.8. The zero-order chi connectivity index (χ0) is 25.2. The highest BCUT2D eigenvalue weighted by molar-refractivity contribution is 7.89. The Labute approximate surface area is 206 Å². The van der Waals surface area contributed by atoms with Crippen molar-refractivity contribution in [2.24, 2.45) is 11.8 Å². The van der Waals surface area contributed by atoms with E-state index in [1.807, 2.05) is 32.0 Å². The Kier molecular flexibility index (Phi) is 7.32. The van der Waals surface area contributed by atoms with Crippen LogP contribution < -0.4 is 19.7 Å². The molecule has 9 nitrogen and oxygen atoms in total. The number of piperidine rings is 1. The van der Waals surface area contributed by atoms with Gasteiger partial charge in [0.1, 0.15) is 18.0 Å². The third-order valence-electron chi connectivity index (χ3n) is 6.32. The number of hydrogen-bond donors (Lipinski definition) is 1. The number of benzene rings is 2. The first-order chi connectivity index (χ1) is 16.7. The number of nitrogens with one attached hydrogen (secondary N) is 1. The molecule has 2 aliphatic heterocycles. The number of rotatable bonds is 7. The summed E-state index contributed by atoms with van der Waals surface area (Å²) in [4.78, 5) is 26.7. The van der Waals surface area contributed by atoms with Gasteiger partial charge in [-0.15, -0.1) is 0 Å². The van der Waals surface area contributed by atoms with Gasteiger partial charge < -0.3 is 14.8 Å². The molecule has 0 aromatic heterocycles. The topological polar surface area (TPSA) is 105 Å². The lowest BCUT2D eigenvalue weighted by Crippen LogP contribution is -2.45. The molecule has 1 N–H and O–H groups in total. The first-order valence-electron chi connectivity index (χ1n) is 11.6. The maximum atomic E-state index is 13.4. The highest BCUT2D eigenvalue weighted by Crippen LogP contribution is 2.36. The molecule has 0 aliphatic carbocycles. The van der Waals surface area contributed by atoms with Crippen molar-refractivity contribution in [3.05, 3.63) is 48.0 Å². The van der Waals surface area contributed by atoms with E-state index in [9.17, 15) is 18.0 Å². The summed E-state index contributed by atoms with van der Waals surface area (Å²) < 4.78 is 39.1. The van der Waals surface area contributed by atoms with Crippen molar-refractivity contribution >= 4 is 27.5 Å². The lowest BCUT2D eigenvalue weighted by Gasteiger charge is -2.34. The molecule has 2 aromatic carbocycles. The van der Waals surface area contributed by atoms with E-state index in [1.54, 1.807) is 19.2 Å². The van der Waals surface area contributed by atoms with Gasteiger partial charge in [-0.05, 0) is 42.5 Å². The number of para-hydroxylation sites is 1. The summed E-state index contributed by atoms with van der Waals surface area (Å²) in [5.41, 5.74) is 1.07. The fourth-order valence-electron chi connectivity index (χ4n) is 4.71. The van der Waals surface area contributed by atoms with Crippen molar-refractivity contribution in [1.82, 2.24) is 9.62 Å². The van der Waals surface area contributed by atoms with Gasteiger partial charge in [0, 0.05) is 25.2 Å². The number of carbonyl (C=O) groups is 2. The van der Waals surface area contributed by atoms with Crippen LogP contribution >= 0.6 is 0 Å². The third-order valence-corrected chi connectivity index (χ3v) is 8.14. The SMILES string of the molecule is COc1ccccc1CNC(=O)CN1C(=O)COc2ccc(S(=O)(=O)N3C[C@@H](C)C[C@H](C)C3)cc21. The molecule has 10 heteroatoms. The summed E-state index contributed by atoms with van der Waals surface area (Å²) in [5, 5.41) is 2.80. The third kappa shape index (κ3) is 5.43. The quantitative estimate of drug-likeness (QED) is 0.625. The Hall–Kier alpha value is -3.11. The maximum Gasteiger partial charge on any atom is 0.265 e. The molecule has 0 spiro atoms. The van der Waals surface area contributed by atoms with E-state index in [0.29, 0.717) is 24.6 Å². The Morgan fingerprint density at radius 3 is 2.57 bits per heavy atom. The Balaban J connectivity index is 1.53.